The Hall–Kier alpha value is -4.81. The van der Waals surface area contributed by atoms with E-state index in [1.54, 1.807) is 42.5 Å². The van der Waals surface area contributed by atoms with Gasteiger partial charge in [-0.05, 0) is 73.0 Å². The molecule has 3 aromatic carbocycles. The molecule has 4 aromatic rings. The van der Waals surface area contributed by atoms with E-state index >= 15 is 0 Å². The summed E-state index contributed by atoms with van der Waals surface area (Å²) in [7, 11) is 0. The molecule has 0 fully saturated rings. The van der Waals surface area contributed by atoms with E-state index in [9.17, 15) is 25.0 Å². The molecule has 1 heterocycles. The van der Waals surface area contributed by atoms with Gasteiger partial charge < -0.3 is 5.32 Å². The lowest BCUT2D eigenvalue weighted by atomic mass is 10.1. The highest BCUT2D eigenvalue weighted by atomic mass is 32.1. The van der Waals surface area contributed by atoms with E-state index in [0.29, 0.717) is 16.9 Å². The molecule has 8 nitrogen and oxygen atoms in total. The normalized spacial score (nSPS) is 12.1. The zero-order valence-corrected chi connectivity index (χ0v) is 20.2. The van der Waals surface area contributed by atoms with Crippen LogP contribution in [-0.2, 0) is 4.79 Å². The van der Waals surface area contributed by atoms with Gasteiger partial charge in [0.15, 0.2) is 5.57 Å². The lowest BCUT2D eigenvalue weighted by molar-refractivity contribution is -0.384. The SMILES string of the molecule is Cc1ccc(NC(=O)/C(C#N)=c2\s/c(=C/c3ccc([N+](=O)[O-])cc3)c(=O)n2-c2ccccc2)cc1C. The molecule has 0 aliphatic rings. The van der Waals surface area contributed by atoms with Crippen molar-refractivity contribution in [2.45, 2.75) is 13.8 Å². The van der Waals surface area contributed by atoms with Gasteiger partial charge in [-0.25, -0.2) is 0 Å². The highest BCUT2D eigenvalue weighted by molar-refractivity contribution is 7.07. The van der Waals surface area contributed by atoms with Crippen LogP contribution >= 0.6 is 11.3 Å². The number of hydrogen-bond acceptors (Lipinski definition) is 6. The summed E-state index contributed by atoms with van der Waals surface area (Å²) < 4.78 is 1.79. The molecule has 4 rings (SSSR count). The minimum Gasteiger partial charge on any atom is -0.321 e. The van der Waals surface area contributed by atoms with Crippen LogP contribution in [0.1, 0.15) is 16.7 Å². The van der Waals surface area contributed by atoms with Crippen LogP contribution in [0.5, 0.6) is 0 Å². The number of thiazole rings is 1. The summed E-state index contributed by atoms with van der Waals surface area (Å²) in [6.07, 6.45) is 1.58. The lowest BCUT2D eigenvalue weighted by Crippen LogP contribution is -2.32. The summed E-state index contributed by atoms with van der Waals surface area (Å²) in [5, 5.41) is 23.6. The molecule has 1 aromatic heterocycles. The van der Waals surface area contributed by atoms with Crippen molar-refractivity contribution in [1.82, 2.24) is 4.57 Å². The molecule has 0 aliphatic carbocycles. The number of nitriles is 1. The third-order valence-corrected chi connectivity index (χ3v) is 6.65. The second kappa shape index (κ2) is 10.2. The number of benzene rings is 3. The minimum atomic E-state index is -0.631. The number of aromatic nitrogens is 1. The second-order valence-electron chi connectivity index (χ2n) is 7.98. The summed E-state index contributed by atoms with van der Waals surface area (Å²) >= 11 is 1.00. The quantitative estimate of drug-likeness (QED) is 0.335. The molecule has 0 saturated heterocycles. The number of hydrogen-bond donors (Lipinski definition) is 1. The summed E-state index contributed by atoms with van der Waals surface area (Å²) in [5.41, 5.74) is 2.99. The van der Waals surface area contributed by atoms with Crippen molar-refractivity contribution in [3.8, 4) is 11.8 Å². The number of para-hydroxylation sites is 1. The van der Waals surface area contributed by atoms with Gasteiger partial charge in [-0.1, -0.05) is 24.3 Å². The molecule has 0 saturated carbocycles. The maximum absolute atomic E-state index is 13.4. The first-order valence-corrected chi connectivity index (χ1v) is 11.7. The van der Waals surface area contributed by atoms with Gasteiger partial charge in [0.1, 0.15) is 10.7 Å². The van der Waals surface area contributed by atoms with Crippen molar-refractivity contribution in [1.29, 1.82) is 5.26 Å². The number of nitrogens with zero attached hydrogens (tertiary/aromatic N) is 3. The largest absolute Gasteiger partial charge is 0.321 e. The third kappa shape index (κ3) is 4.99. The summed E-state index contributed by atoms with van der Waals surface area (Å²) in [5.74, 6) is -0.631. The van der Waals surface area contributed by atoms with E-state index < -0.39 is 16.4 Å². The van der Waals surface area contributed by atoms with Crippen LogP contribution in [-0.4, -0.2) is 15.4 Å². The fraction of sp³-hybridized carbons (Fsp3) is 0.0741. The van der Waals surface area contributed by atoms with Crippen molar-refractivity contribution in [3.63, 3.8) is 0 Å². The van der Waals surface area contributed by atoms with Crippen LogP contribution in [0, 0.1) is 35.3 Å². The van der Waals surface area contributed by atoms with Crippen LogP contribution in [0.3, 0.4) is 0 Å². The van der Waals surface area contributed by atoms with Gasteiger partial charge in [0.25, 0.3) is 17.2 Å². The van der Waals surface area contributed by atoms with E-state index in [-0.39, 0.29) is 20.5 Å². The van der Waals surface area contributed by atoms with Gasteiger partial charge in [-0.3, -0.25) is 24.3 Å². The maximum Gasteiger partial charge on any atom is 0.273 e. The van der Waals surface area contributed by atoms with Crippen LogP contribution in [0.2, 0.25) is 0 Å². The first-order chi connectivity index (χ1) is 17.3. The molecule has 0 atom stereocenters. The maximum atomic E-state index is 13.4. The monoisotopic (exact) mass is 496 g/mol. The number of nitro groups is 1. The first kappa shape index (κ1) is 24.3. The third-order valence-electron chi connectivity index (χ3n) is 5.56. The lowest BCUT2D eigenvalue weighted by Gasteiger charge is -2.07. The van der Waals surface area contributed by atoms with Crippen LogP contribution < -0.4 is 20.1 Å². The molecule has 9 heteroatoms. The van der Waals surface area contributed by atoms with Gasteiger partial charge >= 0.3 is 0 Å². The van der Waals surface area contributed by atoms with Crippen molar-refractivity contribution < 1.29 is 9.72 Å². The van der Waals surface area contributed by atoms with E-state index in [4.69, 9.17) is 0 Å². The molecule has 0 bridgehead atoms. The number of nitro benzene ring substituents is 1. The standard InChI is InChI=1S/C27H20N4O4S/c1-17-8-11-20(14-18(17)2)29-25(32)23(16-28)27-30(21-6-4-3-5-7-21)26(33)24(36-27)15-19-9-12-22(13-10-19)31(34)35/h3-15H,1-2H3,(H,29,32)/b24-15+,27-23-. The summed E-state index contributed by atoms with van der Waals surface area (Å²) in [6, 6.07) is 21.9. The van der Waals surface area contributed by atoms with Gasteiger partial charge in [-0.2, -0.15) is 5.26 Å². The summed E-state index contributed by atoms with van der Waals surface area (Å²) in [4.78, 5) is 37.0. The Balaban J connectivity index is 1.91. The van der Waals surface area contributed by atoms with Gasteiger partial charge in [0, 0.05) is 17.8 Å². The molecule has 178 valence electrons. The van der Waals surface area contributed by atoms with E-state index in [0.717, 1.165) is 22.5 Å². The van der Waals surface area contributed by atoms with Crippen molar-refractivity contribution in [3.05, 3.63) is 119 Å². The Morgan fingerprint density at radius 1 is 1.06 bits per heavy atom. The number of carbonyl (C=O) groups is 1. The van der Waals surface area contributed by atoms with Crippen LogP contribution in [0.15, 0.2) is 77.6 Å². The van der Waals surface area contributed by atoms with Crippen molar-refractivity contribution in [2.24, 2.45) is 0 Å². The topological polar surface area (TPSA) is 118 Å². The van der Waals surface area contributed by atoms with Crippen molar-refractivity contribution >= 4 is 40.3 Å². The van der Waals surface area contributed by atoms with Gasteiger partial charge in [-0.15, -0.1) is 11.3 Å². The Morgan fingerprint density at radius 2 is 1.75 bits per heavy atom. The Labute approximate surface area is 209 Å². The average molecular weight is 497 g/mol. The minimum absolute atomic E-state index is 0.0659. The fourth-order valence-electron chi connectivity index (χ4n) is 3.51. The van der Waals surface area contributed by atoms with Crippen molar-refractivity contribution in [2.75, 3.05) is 5.32 Å². The van der Waals surface area contributed by atoms with E-state index in [1.165, 1.54) is 28.8 Å². The predicted octanol–water partition coefficient (Wildman–Crippen LogP) is 3.57. The highest BCUT2D eigenvalue weighted by Gasteiger charge is 2.17. The first-order valence-electron chi connectivity index (χ1n) is 10.8. The number of amides is 1. The highest BCUT2D eigenvalue weighted by Crippen LogP contribution is 2.15. The number of nitrogens with one attached hydrogen (secondary N) is 1. The number of rotatable bonds is 5. The Bertz CT molecular complexity index is 1700. The fourth-order valence-corrected chi connectivity index (χ4v) is 4.62. The molecule has 1 N–H and O–H groups in total. The molecular weight excluding hydrogens is 476 g/mol. The van der Waals surface area contributed by atoms with Crippen LogP contribution in [0.4, 0.5) is 11.4 Å². The number of non-ortho nitro benzene ring substituents is 1. The van der Waals surface area contributed by atoms with E-state index in [1.807, 2.05) is 32.0 Å². The smallest absolute Gasteiger partial charge is 0.273 e. The van der Waals surface area contributed by atoms with Gasteiger partial charge in [0.2, 0.25) is 0 Å². The Morgan fingerprint density at radius 3 is 2.36 bits per heavy atom. The number of anilines is 1. The molecule has 36 heavy (non-hydrogen) atoms. The van der Waals surface area contributed by atoms with Gasteiger partial charge in [0.05, 0.1) is 15.1 Å². The second-order valence-corrected chi connectivity index (χ2v) is 9.01. The molecule has 0 unspecified atom stereocenters. The molecule has 0 spiro atoms. The molecular formula is C27H20N4O4S. The average Bonchev–Trinajstić information content (AvgIpc) is 3.18. The molecule has 0 radical (unpaired) electrons. The zero-order valence-electron chi connectivity index (χ0n) is 19.4. The number of carbonyl (C=O) groups excluding carboxylic acids is 1. The van der Waals surface area contributed by atoms with E-state index in [2.05, 4.69) is 5.32 Å². The molecule has 1 amide bonds. The zero-order chi connectivity index (χ0) is 25.8. The predicted molar refractivity (Wildman–Crippen MR) is 139 cm³/mol. The Kier molecular flexibility index (Phi) is 6.90. The number of aryl methyl sites for hydroxylation is 2. The van der Waals surface area contributed by atoms with Crippen LogP contribution in [0.25, 0.3) is 17.3 Å². The molecule has 0 aliphatic heterocycles. The summed E-state index contributed by atoms with van der Waals surface area (Å²) in [6.45, 7) is 3.88.